The van der Waals surface area contributed by atoms with Crippen molar-refractivity contribution in [1.29, 1.82) is 5.41 Å². The average Bonchev–Trinajstić information content (AvgIpc) is 2.90. The van der Waals surface area contributed by atoms with Crippen molar-refractivity contribution in [2.24, 2.45) is 0 Å². The molecule has 0 saturated heterocycles. The monoisotopic (exact) mass is 319 g/mol. The zero-order chi connectivity index (χ0) is 17.2. The highest BCUT2D eigenvalue weighted by Gasteiger charge is 2.24. The first kappa shape index (κ1) is 17.0. The molecule has 2 rings (SSSR count). The zero-order valence-corrected chi connectivity index (χ0v) is 13.9. The molecule has 0 bridgehead atoms. The average molecular weight is 319 g/mol. The zero-order valence-electron chi connectivity index (χ0n) is 13.9. The summed E-state index contributed by atoms with van der Waals surface area (Å²) in [4.78, 5) is 12.4. The lowest BCUT2D eigenvalue weighted by Crippen LogP contribution is -2.24. The van der Waals surface area contributed by atoms with Crippen LogP contribution in [-0.4, -0.2) is 32.0 Å². The van der Waals surface area contributed by atoms with E-state index in [9.17, 15) is 4.79 Å². The van der Waals surface area contributed by atoms with Crippen LogP contribution in [0.2, 0.25) is 0 Å². The number of hydrogen-bond acceptors (Lipinski definition) is 6. The fraction of sp³-hybridized carbons (Fsp3) is 0.412. The van der Waals surface area contributed by atoms with Crippen molar-refractivity contribution in [2.75, 3.05) is 14.2 Å². The van der Waals surface area contributed by atoms with E-state index in [1.165, 1.54) is 14.2 Å². The molecule has 1 aromatic carbocycles. The minimum absolute atomic E-state index is 0.380. The second-order valence-electron chi connectivity index (χ2n) is 6.03. The van der Waals surface area contributed by atoms with E-state index >= 15 is 0 Å². The topological polar surface area (TPSA) is 81.8 Å². The van der Waals surface area contributed by atoms with Crippen LogP contribution >= 0.6 is 0 Å². The Kier molecular flexibility index (Phi) is 4.75. The van der Waals surface area contributed by atoms with Crippen LogP contribution in [0.1, 0.15) is 43.0 Å². The number of hydrogen-bond donors (Lipinski definition) is 1. The van der Waals surface area contributed by atoms with E-state index < -0.39 is 17.7 Å². The molecule has 1 aromatic heterocycles. The molecule has 1 N–H and O–H groups in total. The first-order valence-electron chi connectivity index (χ1n) is 7.18. The lowest BCUT2D eigenvalue weighted by Gasteiger charge is -2.19. The molecule has 6 nitrogen and oxygen atoms in total. The van der Waals surface area contributed by atoms with E-state index in [0.717, 1.165) is 6.21 Å². The van der Waals surface area contributed by atoms with Gasteiger partial charge in [-0.3, -0.25) is 0 Å². The van der Waals surface area contributed by atoms with E-state index in [2.05, 4.69) is 0 Å². The number of benzene rings is 1. The summed E-state index contributed by atoms with van der Waals surface area (Å²) in [5, 5.41) is 7.96. The van der Waals surface area contributed by atoms with Crippen LogP contribution in [0.25, 0.3) is 11.0 Å². The first-order chi connectivity index (χ1) is 10.8. The summed E-state index contributed by atoms with van der Waals surface area (Å²) < 4.78 is 21.6. The number of furan rings is 1. The van der Waals surface area contributed by atoms with Gasteiger partial charge in [0.25, 0.3) is 0 Å². The van der Waals surface area contributed by atoms with Crippen LogP contribution in [0, 0.1) is 5.41 Å². The number of rotatable bonds is 5. The fourth-order valence-corrected chi connectivity index (χ4v) is 2.20. The third kappa shape index (κ3) is 3.53. The molecule has 0 radical (unpaired) electrons. The Morgan fingerprint density at radius 2 is 2.00 bits per heavy atom. The molecule has 0 aliphatic carbocycles. The quantitative estimate of drug-likeness (QED) is 0.670. The van der Waals surface area contributed by atoms with Gasteiger partial charge in [0.15, 0.2) is 11.3 Å². The van der Waals surface area contributed by atoms with Gasteiger partial charge in [0, 0.05) is 18.7 Å². The van der Waals surface area contributed by atoms with Crippen LogP contribution in [0.15, 0.2) is 22.6 Å². The maximum Gasteiger partial charge on any atom is 0.339 e. The fourth-order valence-electron chi connectivity index (χ4n) is 2.20. The Morgan fingerprint density at radius 1 is 1.30 bits per heavy atom. The normalized spacial score (nSPS) is 12.9. The summed E-state index contributed by atoms with van der Waals surface area (Å²) >= 11 is 0. The van der Waals surface area contributed by atoms with Gasteiger partial charge in [-0.15, -0.1) is 0 Å². The summed E-state index contributed by atoms with van der Waals surface area (Å²) in [6, 6.07) is 4.97. The van der Waals surface area contributed by atoms with Crippen molar-refractivity contribution in [3.63, 3.8) is 0 Å². The summed E-state index contributed by atoms with van der Waals surface area (Å²) in [5.74, 6) is 0.478. The summed E-state index contributed by atoms with van der Waals surface area (Å²) in [7, 11) is 3.00. The second kappa shape index (κ2) is 6.42. The highest BCUT2D eigenvalue weighted by atomic mass is 16.6. The Hall–Kier alpha value is -2.34. The van der Waals surface area contributed by atoms with Crippen molar-refractivity contribution in [3.8, 4) is 5.75 Å². The third-order valence-electron chi connectivity index (χ3n) is 3.19. The van der Waals surface area contributed by atoms with Crippen molar-refractivity contribution in [2.45, 2.75) is 32.5 Å². The lowest BCUT2D eigenvalue weighted by atomic mass is 10.1. The number of ether oxygens (including phenoxy) is 3. The molecular weight excluding hydrogens is 298 g/mol. The molecule has 0 spiro atoms. The van der Waals surface area contributed by atoms with E-state index in [-0.39, 0.29) is 0 Å². The van der Waals surface area contributed by atoms with Gasteiger partial charge in [0.05, 0.1) is 12.7 Å². The van der Waals surface area contributed by atoms with Gasteiger partial charge < -0.3 is 24.0 Å². The van der Waals surface area contributed by atoms with E-state index in [1.807, 2.05) is 20.8 Å². The molecule has 124 valence electrons. The Morgan fingerprint density at radius 3 is 2.52 bits per heavy atom. The SMILES string of the molecule is COc1ccc(C(=O)OC(C)(C)C)c2cc(C(C=N)OC)oc12. The summed E-state index contributed by atoms with van der Waals surface area (Å²) in [6.07, 6.45) is 0.496. The van der Waals surface area contributed by atoms with Crippen LogP contribution in [0.5, 0.6) is 5.75 Å². The number of methoxy groups -OCH3 is 2. The van der Waals surface area contributed by atoms with E-state index in [1.54, 1.807) is 18.2 Å². The predicted octanol–water partition coefficient (Wildman–Crippen LogP) is 3.73. The van der Waals surface area contributed by atoms with Gasteiger partial charge in [0.2, 0.25) is 0 Å². The molecule has 0 saturated carbocycles. The highest BCUT2D eigenvalue weighted by Crippen LogP contribution is 2.34. The Balaban J connectivity index is 2.58. The molecule has 1 unspecified atom stereocenters. The minimum Gasteiger partial charge on any atom is -0.493 e. The number of nitrogens with one attached hydrogen (secondary N) is 1. The number of carbonyl (C=O) groups is 1. The largest absolute Gasteiger partial charge is 0.493 e. The lowest BCUT2D eigenvalue weighted by molar-refractivity contribution is 0.00718. The van der Waals surface area contributed by atoms with Gasteiger partial charge in [0.1, 0.15) is 17.5 Å². The molecule has 0 aliphatic rings. The van der Waals surface area contributed by atoms with Crippen LogP contribution in [0.3, 0.4) is 0 Å². The van der Waals surface area contributed by atoms with Crippen LogP contribution < -0.4 is 4.74 Å². The van der Waals surface area contributed by atoms with Gasteiger partial charge in [-0.05, 0) is 39.0 Å². The van der Waals surface area contributed by atoms with Gasteiger partial charge in [-0.1, -0.05) is 0 Å². The molecular formula is C17H21NO5. The van der Waals surface area contributed by atoms with Gasteiger partial charge in [-0.25, -0.2) is 4.79 Å². The van der Waals surface area contributed by atoms with Crippen molar-refractivity contribution in [1.82, 2.24) is 0 Å². The van der Waals surface area contributed by atoms with Crippen molar-refractivity contribution < 1.29 is 23.4 Å². The highest BCUT2D eigenvalue weighted by molar-refractivity contribution is 6.05. The smallest absolute Gasteiger partial charge is 0.339 e. The summed E-state index contributed by atoms with van der Waals surface area (Å²) in [5.41, 5.74) is 0.209. The molecule has 6 heteroatoms. The predicted molar refractivity (Wildman–Crippen MR) is 86.5 cm³/mol. The van der Waals surface area contributed by atoms with Crippen LogP contribution in [0.4, 0.5) is 0 Å². The van der Waals surface area contributed by atoms with Crippen molar-refractivity contribution >= 4 is 23.2 Å². The molecule has 1 atom stereocenters. The second-order valence-corrected chi connectivity index (χ2v) is 6.03. The maximum atomic E-state index is 12.4. The first-order valence-corrected chi connectivity index (χ1v) is 7.18. The molecule has 2 aromatic rings. The molecule has 23 heavy (non-hydrogen) atoms. The van der Waals surface area contributed by atoms with Crippen molar-refractivity contribution in [3.05, 3.63) is 29.5 Å². The Labute approximate surface area is 134 Å². The number of esters is 1. The maximum absolute atomic E-state index is 12.4. The Bertz CT molecular complexity index is 726. The number of carbonyl (C=O) groups excluding carboxylic acids is 1. The van der Waals surface area contributed by atoms with Gasteiger partial charge >= 0.3 is 5.97 Å². The van der Waals surface area contributed by atoms with Crippen LogP contribution in [-0.2, 0) is 9.47 Å². The van der Waals surface area contributed by atoms with E-state index in [4.69, 9.17) is 24.0 Å². The third-order valence-corrected chi connectivity index (χ3v) is 3.19. The van der Waals surface area contributed by atoms with Gasteiger partial charge in [-0.2, -0.15) is 0 Å². The number of fused-ring (bicyclic) bond motifs is 1. The molecule has 0 fully saturated rings. The molecule has 1 heterocycles. The minimum atomic E-state index is -0.626. The van der Waals surface area contributed by atoms with E-state index in [0.29, 0.717) is 28.0 Å². The summed E-state index contributed by atoms with van der Waals surface area (Å²) in [6.45, 7) is 5.42. The standard InChI is InChI=1S/C17H21NO5/c1-17(2,3)23-16(19)10-6-7-12(20-4)15-11(10)8-13(22-15)14(9-18)21-5/h6-9,14,18H,1-5H3. The molecule has 0 amide bonds. The molecule has 0 aliphatic heterocycles.